The maximum absolute atomic E-state index is 12.4. The number of benzene rings is 2. The van der Waals surface area contributed by atoms with E-state index in [1.54, 1.807) is 30.3 Å². The van der Waals surface area contributed by atoms with Crippen molar-refractivity contribution in [3.63, 3.8) is 0 Å². The van der Waals surface area contributed by atoms with Crippen molar-refractivity contribution in [2.75, 3.05) is 14.2 Å². The average molecular weight is 353 g/mol. The van der Waals surface area contributed by atoms with E-state index in [0.29, 0.717) is 22.6 Å². The van der Waals surface area contributed by atoms with Gasteiger partial charge < -0.3 is 19.9 Å². The monoisotopic (exact) mass is 353 g/mol. The molecular weight excluding hydrogens is 334 g/mol. The number of methoxy groups -OCH3 is 2. The van der Waals surface area contributed by atoms with Crippen molar-refractivity contribution in [2.45, 2.75) is 13.0 Å². The highest BCUT2D eigenvalue weighted by molar-refractivity contribution is 6.46. The third-order valence-corrected chi connectivity index (χ3v) is 4.35. The molecule has 2 aromatic carbocycles. The lowest BCUT2D eigenvalue weighted by atomic mass is 9.95. The molecule has 0 spiro atoms. The molecule has 1 fully saturated rings. The van der Waals surface area contributed by atoms with E-state index < -0.39 is 17.7 Å². The number of hydrogen-bond acceptors (Lipinski definition) is 5. The number of rotatable bonds is 4. The highest BCUT2D eigenvalue weighted by Gasteiger charge is 2.40. The minimum atomic E-state index is -0.808. The lowest BCUT2D eigenvalue weighted by molar-refractivity contribution is -0.133. The Balaban J connectivity index is 2.14. The van der Waals surface area contributed by atoms with Gasteiger partial charge >= 0.3 is 0 Å². The van der Waals surface area contributed by atoms with Crippen molar-refractivity contribution in [3.05, 3.63) is 64.7 Å². The summed E-state index contributed by atoms with van der Waals surface area (Å²) in [4.78, 5) is 24.4. The molecule has 26 heavy (non-hydrogen) atoms. The Morgan fingerprint density at radius 1 is 1.04 bits per heavy atom. The number of amides is 1. The molecule has 3 rings (SSSR count). The zero-order valence-corrected chi connectivity index (χ0v) is 14.7. The molecule has 0 radical (unpaired) electrons. The number of ketones is 1. The molecule has 0 saturated carbocycles. The number of aliphatic hydroxyl groups excluding tert-OH is 1. The summed E-state index contributed by atoms with van der Waals surface area (Å²) >= 11 is 0. The molecule has 1 aliphatic rings. The fourth-order valence-electron chi connectivity index (χ4n) is 2.92. The molecule has 1 heterocycles. The molecule has 1 amide bonds. The Morgan fingerprint density at radius 3 is 2.35 bits per heavy atom. The lowest BCUT2D eigenvalue weighted by Crippen LogP contribution is -2.21. The molecule has 0 aliphatic carbocycles. The summed E-state index contributed by atoms with van der Waals surface area (Å²) in [5, 5.41) is 13.3. The molecule has 2 aromatic rings. The van der Waals surface area contributed by atoms with Gasteiger partial charge in [0, 0.05) is 17.2 Å². The van der Waals surface area contributed by atoms with Gasteiger partial charge in [0.1, 0.15) is 17.3 Å². The standard InChI is InChI=1S/C20H19NO5/c1-11-4-6-12(7-5-11)18(22)16-17(21-20(24)19(16)23)14-9-8-13(25-2)10-15(14)26-3/h4-10,17,22H,1-3H3,(H,21,24)/b18-16-. The van der Waals surface area contributed by atoms with Gasteiger partial charge in [0.15, 0.2) is 0 Å². The first-order valence-electron chi connectivity index (χ1n) is 8.03. The normalized spacial score (nSPS) is 18.5. The molecule has 6 nitrogen and oxygen atoms in total. The van der Waals surface area contributed by atoms with Crippen LogP contribution >= 0.6 is 0 Å². The second kappa shape index (κ2) is 6.92. The molecule has 1 atom stereocenters. The minimum absolute atomic E-state index is 0.00215. The van der Waals surface area contributed by atoms with Crippen LogP contribution in [-0.4, -0.2) is 31.0 Å². The van der Waals surface area contributed by atoms with Crippen LogP contribution in [0.4, 0.5) is 0 Å². The van der Waals surface area contributed by atoms with Gasteiger partial charge in [-0.05, 0) is 19.1 Å². The molecule has 1 aliphatic heterocycles. The zero-order chi connectivity index (χ0) is 18.8. The molecule has 0 aromatic heterocycles. The van der Waals surface area contributed by atoms with Crippen LogP contribution in [0.1, 0.15) is 22.7 Å². The highest BCUT2D eigenvalue weighted by atomic mass is 16.5. The van der Waals surface area contributed by atoms with E-state index in [2.05, 4.69) is 5.32 Å². The Hall–Kier alpha value is -3.28. The number of nitrogens with one attached hydrogen (secondary N) is 1. The molecule has 0 bridgehead atoms. The second-order valence-corrected chi connectivity index (χ2v) is 5.97. The van der Waals surface area contributed by atoms with Gasteiger partial charge in [-0.1, -0.05) is 29.8 Å². The SMILES string of the molecule is COc1ccc(C2NC(=O)C(=O)/C2=C(\O)c2ccc(C)cc2)c(OC)c1. The van der Waals surface area contributed by atoms with Crippen LogP contribution in [0, 0.1) is 6.92 Å². The fraction of sp³-hybridized carbons (Fsp3) is 0.200. The van der Waals surface area contributed by atoms with Crippen molar-refractivity contribution in [3.8, 4) is 11.5 Å². The largest absolute Gasteiger partial charge is 0.507 e. The predicted molar refractivity (Wildman–Crippen MR) is 96.2 cm³/mol. The summed E-state index contributed by atoms with van der Waals surface area (Å²) in [6.07, 6.45) is 0. The smallest absolute Gasteiger partial charge is 0.293 e. The highest BCUT2D eigenvalue weighted by Crippen LogP contribution is 2.38. The van der Waals surface area contributed by atoms with Gasteiger partial charge in [0.05, 0.1) is 25.8 Å². The van der Waals surface area contributed by atoms with Crippen LogP contribution in [0.3, 0.4) is 0 Å². The van der Waals surface area contributed by atoms with E-state index in [4.69, 9.17) is 9.47 Å². The molecule has 1 unspecified atom stereocenters. The first-order valence-corrected chi connectivity index (χ1v) is 8.03. The quantitative estimate of drug-likeness (QED) is 0.502. The van der Waals surface area contributed by atoms with Gasteiger partial charge in [-0.25, -0.2) is 0 Å². The molecule has 6 heteroatoms. The fourth-order valence-corrected chi connectivity index (χ4v) is 2.92. The summed E-state index contributed by atoms with van der Waals surface area (Å²) < 4.78 is 10.5. The van der Waals surface area contributed by atoms with Gasteiger partial charge in [0.25, 0.3) is 11.7 Å². The average Bonchev–Trinajstić information content (AvgIpc) is 2.95. The summed E-state index contributed by atoms with van der Waals surface area (Å²) in [6.45, 7) is 1.92. The summed E-state index contributed by atoms with van der Waals surface area (Å²) in [6, 6.07) is 11.3. The summed E-state index contributed by atoms with van der Waals surface area (Å²) in [5.41, 5.74) is 2.04. The van der Waals surface area contributed by atoms with Crippen molar-refractivity contribution in [2.24, 2.45) is 0 Å². The zero-order valence-electron chi connectivity index (χ0n) is 14.7. The van der Waals surface area contributed by atoms with E-state index in [0.717, 1.165) is 5.56 Å². The molecule has 2 N–H and O–H groups in total. The van der Waals surface area contributed by atoms with Crippen molar-refractivity contribution in [1.82, 2.24) is 5.32 Å². The topological polar surface area (TPSA) is 84.9 Å². The van der Waals surface area contributed by atoms with Crippen LogP contribution in [0.5, 0.6) is 11.5 Å². The van der Waals surface area contributed by atoms with Gasteiger partial charge in [-0.2, -0.15) is 0 Å². The van der Waals surface area contributed by atoms with Crippen LogP contribution in [-0.2, 0) is 9.59 Å². The molecule has 1 saturated heterocycles. The Kier molecular flexibility index (Phi) is 4.67. The van der Waals surface area contributed by atoms with Gasteiger partial charge in [-0.3, -0.25) is 9.59 Å². The second-order valence-electron chi connectivity index (χ2n) is 5.97. The van der Waals surface area contributed by atoms with Crippen molar-refractivity contribution in [1.29, 1.82) is 0 Å². The maximum Gasteiger partial charge on any atom is 0.293 e. The third-order valence-electron chi connectivity index (χ3n) is 4.35. The summed E-state index contributed by atoms with van der Waals surface area (Å²) in [7, 11) is 3.02. The number of aryl methyl sites for hydroxylation is 1. The van der Waals surface area contributed by atoms with Crippen molar-refractivity contribution >= 4 is 17.4 Å². The van der Waals surface area contributed by atoms with E-state index in [-0.39, 0.29) is 11.3 Å². The third kappa shape index (κ3) is 3.01. The van der Waals surface area contributed by atoms with Gasteiger partial charge in [-0.15, -0.1) is 0 Å². The molecule has 134 valence electrons. The Bertz CT molecular complexity index is 899. The maximum atomic E-state index is 12.4. The number of carbonyl (C=O) groups is 2. The summed E-state index contributed by atoms with van der Waals surface area (Å²) in [5.74, 6) is -0.725. The van der Waals surface area contributed by atoms with Crippen LogP contribution in [0.25, 0.3) is 5.76 Å². The molecular formula is C20H19NO5. The van der Waals surface area contributed by atoms with E-state index in [9.17, 15) is 14.7 Å². The van der Waals surface area contributed by atoms with Crippen LogP contribution in [0.15, 0.2) is 48.0 Å². The first-order chi connectivity index (χ1) is 12.5. The number of hydrogen-bond donors (Lipinski definition) is 2. The minimum Gasteiger partial charge on any atom is -0.507 e. The number of carbonyl (C=O) groups excluding carboxylic acids is 2. The Labute approximate surface area is 151 Å². The number of aliphatic hydroxyl groups is 1. The van der Waals surface area contributed by atoms with Crippen LogP contribution in [0.2, 0.25) is 0 Å². The predicted octanol–water partition coefficient (Wildman–Crippen LogP) is 2.72. The van der Waals surface area contributed by atoms with E-state index in [1.165, 1.54) is 14.2 Å². The van der Waals surface area contributed by atoms with Crippen LogP contribution < -0.4 is 14.8 Å². The number of Topliss-reactive ketones (excluding diaryl/α,β-unsaturated/α-hetero) is 1. The number of ether oxygens (including phenoxy) is 2. The van der Waals surface area contributed by atoms with Gasteiger partial charge in [0.2, 0.25) is 0 Å². The van der Waals surface area contributed by atoms with E-state index in [1.807, 2.05) is 19.1 Å². The lowest BCUT2D eigenvalue weighted by Gasteiger charge is -2.17. The van der Waals surface area contributed by atoms with E-state index >= 15 is 0 Å². The first kappa shape index (κ1) is 17.5. The van der Waals surface area contributed by atoms with Crippen molar-refractivity contribution < 1.29 is 24.2 Å². The Morgan fingerprint density at radius 2 is 1.73 bits per heavy atom.